The van der Waals surface area contributed by atoms with Crippen molar-refractivity contribution in [2.45, 2.75) is 20.1 Å². The van der Waals surface area contributed by atoms with Gasteiger partial charge in [0.15, 0.2) is 11.5 Å². The molecule has 4 aromatic rings. The van der Waals surface area contributed by atoms with Crippen molar-refractivity contribution < 1.29 is 14.1 Å². The molecule has 1 amide bonds. The number of ether oxygens (including phenoxy) is 1. The van der Waals surface area contributed by atoms with Crippen molar-refractivity contribution >= 4 is 16.8 Å². The minimum Gasteiger partial charge on any atom is -0.484 e. The molecule has 1 aromatic carbocycles. The van der Waals surface area contributed by atoms with E-state index in [0.717, 1.165) is 22.2 Å². The summed E-state index contributed by atoms with van der Waals surface area (Å²) in [6.45, 7) is 2.44. The minimum atomic E-state index is -0.312. The Morgan fingerprint density at radius 2 is 2.04 bits per heavy atom. The molecule has 7 nitrogen and oxygen atoms in total. The number of carbonyl (C=O) groups excluding carboxylic acids is 1. The number of para-hydroxylation sites is 1. The van der Waals surface area contributed by atoms with Gasteiger partial charge in [-0.1, -0.05) is 23.4 Å². The Balaban J connectivity index is 1.37. The van der Waals surface area contributed by atoms with Gasteiger partial charge in [0.2, 0.25) is 0 Å². The predicted octanol–water partition coefficient (Wildman–Crippen LogP) is 3.44. The predicted molar refractivity (Wildman–Crippen MR) is 103 cm³/mol. The number of nitrogens with one attached hydrogen (secondary N) is 1. The molecule has 0 bridgehead atoms. The van der Waals surface area contributed by atoms with E-state index in [2.05, 4.69) is 20.4 Å². The molecular formula is C21H18N4O3. The summed E-state index contributed by atoms with van der Waals surface area (Å²) in [6.07, 6.45) is 3.37. The number of aromatic nitrogens is 3. The van der Waals surface area contributed by atoms with Crippen molar-refractivity contribution in [2.75, 3.05) is 0 Å². The van der Waals surface area contributed by atoms with Gasteiger partial charge in [-0.3, -0.25) is 14.8 Å². The van der Waals surface area contributed by atoms with Gasteiger partial charge in [-0.25, -0.2) is 0 Å². The molecule has 28 heavy (non-hydrogen) atoms. The van der Waals surface area contributed by atoms with Crippen LogP contribution in [0.3, 0.4) is 0 Å². The molecule has 0 saturated heterocycles. The molecule has 3 heterocycles. The SMILES string of the molecule is Cc1ccc(OCc2cc(C(=O)NCc3ccnc4ccccc34)no2)cn1. The fourth-order valence-corrected chi connectivity index (χ4v) is 2.76. The molecule has 4 rings (SSSR count). The highest BCUT2D eigenvalue weighted by molar-refractivity contribution is 5.92. The number of pyridine rings is 2. The first kappa shape index (κ1) is 17.7. The molecule has 0 aliphatic heterocycles. The summed E-state index contributed by atoms with van der Waals surface area (Å²) in [4.78, 5) is 20.9. The van der Waals surface area contributed by atoms with Crippen LogP contribution in [0.1, 0.15) is 27.5 Å². The van der Waals surface area contributed by atoms with E-state index in [9.17, 15) is 4.79 Å². The molecule has 140 valence electrons. The van der Waals surface area contributed by atoms with E-state index in [1.165, 1.54) is 0 Å². The number of benzene rings is 1. The first-order chi connectivity index (χ1) is 13.7. The number of carbonyl (C=O) groups is 1. The number of fused-ring (bicyclic) bond motifs is 1. The van der Waals surface area contributed by atoms with Crippen molar-refractivity contribution in [3.8, 4) is 5.75 Å². The molecule has 7 heteroatoms. The zero-order valence-corrected chi connectivity index (χ0v) is 15.3. The summed E-state index contributed by atoms with van der Waals surface area (Å²) in [6, 6.07) is 14.9. The van der Waals surface area contributed by atoms with Gasteiger partial charge in [-0.15, -0.1) is 0 Å². The molecule has 0 aliphatic rings. The van der Waals surface area contributed by atoms with E-state index in [1.807, 2.05) is 49.4 Å². The monoisotopic (exact) mass is 374 g/mol. The fraction of sp³-hybridized carbons (Fsp3) is 0.143. The first-order valence-electron chi connectivity index (χ1n) is 8.81. The van der Waals surface area contributed by atoms with Gasteiger partial charge in [0.25, 0.3) is 5.91 Å². The van der Waals surface area contributed by atoms with Gasteiger partial charge in [0, 0.05) is 29.9 Å². The maximum atomic E-state index is 12.4. The Hall–Kier alpha value is -3.74. The van der Waals surface area contributed by atoms with Gasteiger partial charge in [-0.05, 0) is 36.8 Å². The number of hydrogen-bond donors (Lipinski definition) is 1. The van der Waals surface area contributed by atoms with Crippen LogP contribution in [0.5, 0.6) is 5.75 Å². The first-order valence-corrected chi connectivity index (χ1v) is 8.81. The molecule has 1 N–H and O–H groups in total. The normalized spacial score (nSPS) is 10.8. The van der Waals surface area contributed by atoms with Gasteiger partial charge in [0.1, 0.15) is 12.4 Å². The summed E-state index contributed by atoms with van der Waals surface area (Å²) >= 11 is 0. The maximum Gasteiger partial charge on any atom is 0.273 e. The summed E-state index contributed by atoms with van der Waals surface area (Å²) in [5.41, 5.74) is 2.99. The summed E-state index contributed by atoms with van der Waals surface area (Å²) in [7, 11) is 0. The Morgan fingerprint density at radius 1 is 1.14 bits per heavy atom. The molecule has 0 fully saturated rings. The van der Waals surface area contributed by atoms with Crippen molar-refractivity contribution in [1.82, 2.24) is 20.4 Å². The van der Waals surface area contributed by atoms with Crippen molar-refractivity contribution in [2.24, 2.45) is 0 Å². The quantitative estimate of drug-likeness (QED) is 0.556. The zero-order chi connectivity index (χ0) is 19.3. The van der Waals surface area contributed by atoms with Gasteiger partial charge < -0.3 is 14.6 Å². The van der Waals surface area contributed by atoms with E-state index in [4.69, 9.17) is 9.26 Å². The van der Waals surface area contributed by atoms with Crippen LogP contribution in [0, 0.1) is 6.92 Å². The summed E-state index contributed by atoms with van der Waals surface area (Å²) in [5.74, 6) is 0.769. The average Bonchev–Trinajstić information content (AvgIpc) is 3.21. The number of amides is 1. The molecule has 0 spiro atoms. The third-order valence-electron chi connectivity index (χ3n) is 4.24. The van der Waals surface area contributed by atoms with E-state index in [1.54, 1.807) is 18.5 Å². The topological polar surface area (TPSA) is 90.1 Å². The minimum absolute atomic E-state index is 0.167. The lowest BCUT2D eigenvalue weighted by molar-refractivity contribution is 0.0941. The average molecular weight is 374 g/mol. The molecule has 0 aliphatic carbocycles. The number of hydrogen-bond acceptors (Lipinski definition) is 6. The highest BCUT2D eigenvalue weighted by Crippen LogP contribution is 2.16. The van der Waals surface area contributed by atoms with Crippen molar-refractivity contribution in [3.63, 3.8) is 0 Å². The highest BCUT2D eigenvalue weighted by Gasteiger charge is 2.13. The molecule has 0 radical (unpaired) electrons. The molecule has 0 unspecified atom stereocenters. The summed E-state index contributed by atoms with van der Waals surface area (Å²) in [5, 5.41) is 7.69. The number of rotatable bonds is 6. The van der Waals surface area contributed by atoms with Crippen LogP contribution in [0.2, 0.25) is 0 Å². The van der Waals surface area contributed by atoms with E-state index >= 15 is 0 Å². The fourth-order valence-electron chi connectivity index (χ4n) is 2.76. The lowest BCUT2D eigenvalue weighted by Gasteiger charge is -2.06. The Labute approximate surface area is 161 Å². The van der Waals surface area contributed by atoms with E-state index in [-0.39, 0.29) is 18.2 Å². The smallest absolute Gasteiger partial charge is 0.273 e. The number of aryl methyl sites for hydroxylation is 1. The second-order valence-corrected chi connectivity index (χ2v) is 6.27. The molecular weight excluding hydrogens is 356 g/mol. The Kier molecular flexibility index (Phi) is 4.97. The van der Waals surface area contributed by atoms with Crippen molar-refractivity contribution in [1.29, 1.82) is 0 Å². The van der Waals surface area contributed by atoms with Crippen LogP contribution < -0.4 is 10.1 Å². The summed E-state index contributed by atoms with van der Waals surface area (Å²) < 4.78 is 10.8. The molecule has 0 atom stereocenters. The second kappa shape index (κ2) is 7.87. The van der Waals surface area contributed by atoms with E-state index in [0.29, 0.717) is 18.1 Å². The standard InChI is InChI=1S/C21H18N4O3/c1-14-6-7-16(12-23-14)27-13-17-10-20(25-28-17)21(26)24-11-15-8-9-22-19-5-3-2-4-18(15)19/h2-10,12H,11,13H2,1H3,(H,24,26). The second-order valence-electron chi connectivity index (χ2n) is 6.27. The lowest BCUT2D eigenvalue weighted by atomic mass is 10.1. The Morgan fingerprint density at radius 3 is 2.89 bits per heavy atom. The van der Waals surface area contributed by atoms with Gasteiger partial charge in [-0.2, -0.15) is 0 Å². The van der Waals surface area contributed by atoms with Crippen LogP contribution in [0.15, 0.2) is 65.4 Å². The van der Waals surface area contributed by atoms with Crippen LogP contribution in [-0.2, 0) is 13.2 Å². The van der Waals surface area contributed by atoms with Crippen LogP contribution in [0.25, 0.3) is 10.9 Å². The molecule has 3 aromatic heterocycles. The van der Waals surface area contributed by atoms with Crippen molar-refractivity contribution in [3.05, 3.63) is 83.6 Å². The van der Waals surface area contributed by atoms with Crippen LogP contribution in [-0.4, -0.2) is 21.0 Å². The van der Waals surface area contributed by atoms with Gasteiger partial charge >= 0.3 is 0 Å². The third kappa shape index (κ3) is 3.98. The molecule has 0 saturated carbocycles. The van der Waals surface area contributed by atoms with Gasteiger partial charge in [0.05, 0.1) is 11.7 Å². The Bertz CT molecular complexity index is 1100. The van der Waals surface area contributed by atoms with E-state index < -0.39 is 0 Å². The highest BCUT2D eigenvalue weighted by atomic mass is 16.5. The van der Waals surface area contributed by atoms with Crippen LogP contribution >= 0.6 is 0 Å². The van der Waals surface area contributed by atoms with Crippen LogP contribution in [0.4, 0.5) is 0 Å². The largest absolute Gasteiger partial charge is 0.484 e. The maximum absolute atomic E-state index is 12.4. The third-order valence-corrected chi connectivity index (χ3v) is 4.24. The lowest BCUT2D eigenvalue weighted by Crippen LogP contribution is -2.23. The number of nitrogens with zero attached hydrogens (tertiary/aromatic N) is 3. The zero-order valence-electron chi connectivity index (χ0n) is 15.3.